The van der Waals surface area contributed by atoms with Crippen LogP contribution in [-0.2, 0) is 0 Å². The van der Waals surface area contributed by atoms with Crippen molar-refractivity contribution in [2.24, 2.45) is 11.3 Å². The summed E-state index contributed by atoms with van der Waals surface area (Å²) in [5, 5.41) is 0. The Morgan fingerprint density at radius 3 is 2.06 bits per heavy atom. The van der Waals surface area contributed by atoms with Gasteiger partial charge in [-0.2, -0.15) is 0 Å². The number of hydrogen-bond donors (Lipinski definition) is 0. The molecule has 2 unspecified atom stereocenters. The van der Waals surface area contributed by atoms with Gasteiger partial charge in [0.05, 0.1) is 0 Å². The molecule has 2 atom stereocenters. The van der Waals surface area contributed by atoms with E-state index in [-0.39, 0.29) is 0 Å². The molecule has 1 radical (unpaired) electrons. The van der Waals surface area contributed by atoms with Gasteiger partial charge in [-0.1, -0.05) is 44.9 Å². The highest BCUT2D eigenvalue weighted by atomic mass is 14.5. The Hall–Kier alpha value is -0.780. The van der Waals surface area contributed by atoms with Crippen LogP contribution in [0.25, 0.3) is 0 Å². The van der Waals surface area contributed by atoms with Crippen molar-refractivity contribution < 1.29 is 0 Å². The molecule has 0 heterocycles. The lowest BCUT2D eigenvalue weighted by Crippen LogP contribution is -2.13. The van der Waals surface area contributed by atoms with Crippen LogP contribution in [0.2, 0.25) is 0 Å². The van der Waals surface area contributed by atoms with Gasteiger partial charge >= 0.3 is 0 Å². The van der Waals surface area contributed by atoms with E-state index < -0.39 is 0 Å². The van der Waals surface area contributed by atoms with Crippen molar-refractivity contribution in [3.63, 3.8) is 0 Å². The Bertz CT molecular complexity index is 403. The predicted molar refractivity (Wildman–Crippen MR) is 75.3 cm³/mol. The molecule has 0 amide bonds. The molecule has 0 spiro atoms. The molecule has 0 saturated heterocycles. The second kappa shape index (κ2) is 4.15. The van der Waals surface area contributed by atoms with Gasteiger partial charge in [0.2, 0.25) is 0 Å². The molecular weight excluding hydrogens is 204 g/mol. The highest BCUT2D eigenvalue weighted by Gasteiger charge is 2.48. The number of benzene rings is 1. The van der Waals surface area contributed by atoms with Gasteiger partial charge in [-0.15, -0.1) is 0 Å². The van der Waals surface area contributed by atoms with Crippen molar-refractivity contribution in [3.8, 4) is 0 Å². The lowest BCUT2D eigenvalue weighted by molar-refractivity contribution is 0.299. The van der Waals surface area contributed by atoms with Crippen molar-refractivity contribution in [2.45, 2.75) is 53.9 Å². The maximum Gasteiger partial charge on any atom is -0.00859 e. The smallest absolute Gasteiger partial charge is 0.00859 e. The van der Waals surface area contributed by atoms with E-state index in [9.17, 15) is 0 Å². The summed E-state index contributed by atoms with van der Waals surface area (Å²) in [5.74, 6) is 1.47. The summed E-state index contributed by atoms with van der Waals surface area (Å²) in [6.45, 7) is 13.8. The fourth-order valence-corrected chi connectivity index (χ4v) is 3.13. The molecule has 1 aromatic carbocycles. The quantitative estimate of drug-likeness (QED) is 0.686. The molecule has 1 aliphatic carbocycles. The molecule has 1 aliphatic rings. The van der Waals surface area contributed by atoms with Gasteiger partial charge in [0.25, 0.3) is 0 Å². The highest BCUT2D eigenvalue weighted by Crippen LogP contribution is 2.58. The van der Waals surface area contributed by atoms with Gasteiger partial charge in [-0.3, -0.25) is 0 Å². The molecule has 0 aromatic heterocycles. The monoisotopic (exact) mass is 229 g/mol. The van der Waals surface area contributed by atoms with E-state index >= 15 is 0 Å². The first-order valence-corrected chi connectivity index (χ1v) is 6.79. The van der Waals surface area contributed by atoms with E-state index in [0.717, 1.165) is 5.92 Å². The van der Waals surface area contributed by atoms with Crippen molar-refractivity contribution in [3.05, 3.63) is 40.8 Å². The maximum atomic E-state index is 2.54. The average Bonchev–Trinajstić information content (AvgIpc) is 2.96. The molecule has 17 heavy (non-hydrogen) atoms. The first kappa shape index (κ1) is 12.7. The maximum absolute atomic E-state index is 2.54. The zero-order valence-corrected chi connectivity index (χ0v) is 12.1. The summed E-state index contributed by atoms with van der Waals surface area (Å²) >= 11 is 0. The first-order valence-electron chi connectivity index (χ1n) is 6.79. The molecule has 0 nitrogen and oxygen atoms in total. The summed E-state index contributed by atoms with van der Waals surface area (Å²) in [5.41, 5.74) is 6.36. The SMILES string of the molecule is CCC(C)(C)C1[CH]C1c1c(C)cc(C)cc1C. The normalized spacial score (nSPS) is 23.9. The minimum atomic E-state index is 0.453. The number of rotatable bonds is 3. The van der Waals surface area contributed by atoms with Crippen LogP contribution in [0.4, 0.5) is 0 Å². The van der Waals surface area contributed by atoms with Crippen LogP contribution in [-0.4, -0.2) is 0 Å². The van der Waals surface area contributed by atoms with Gasteiger partial charge in [0, 0.05) is 0 Å². The summed E-state index contributed by atoms with van der Waals surface area (Å²) in [4.78, 5) is 0. The van der Waals surface area contributed by atoms with Crippen LogP contribution >= 0.6 is 0 Å². The van der Waals surface area contributed by atoms with Crippen molar-refractivity contribution in [1.29, 1.82) is 0 Å². The standard InChI is InChI=1S/C17H25/c1-7-17(5,6)15-10-14(15)16-12(3)8-11(2)9-13(16)4/h8-10,14-15H,7H2,1-6H3. The van der Waals surface area contributed by atoms with Crippen LogP contribution in [0.5, 0.6) is 0 Å². The highest BCUT2D eigenvalue weighted by molar-refractivity contribution is 5.46. The van der Waals surface area contributed by atoms with E-state index in [1.165, 1.54) is 23.1 Å². The van der Waals surface area contributed by atoms with Gasteiger partial charge in [-0.05, 0) is 61.1 Å². The van der Waals surface area contributed by atoms with Crippen molar-refractivity contribution in [1.82, 2.24) is 0 Å². The third-order valence-corrected chi connectivity index (χ3v) is 4.55. The molecule has 1 saturated carbocycles. The Morgan fingerprint density at radius 1 is 1.06 bits per heavy atom. The molecule has 0 aliphatic heterocycles. The third kappa shape index (κ3) is 2.27. The lowest BCUT2D eigenvalue weighted by Gasteiger charge is -2.23. The van der Waals surface area contributed by atoms with Gasteiger partial charge in [-0.25, -0.2) is 0 Å². The Kier molecular flexibility index (Phi) is 3.10. The second-order valence-corrected chi connectivity index (χ2v) is 6.40. The second-order valence-electron chi connectivity index (χ2n) is 6.40. The van der Waals surface area contributed by atoms with Crippen molar-refractivity contribution in [2.75, 3.05) is 0 Å². The van der Waals surface area contributed by atoms with E-state index in [0.29, 0.717) is 11.3 Å². The van der Waals surface area contributed by atoms with Gasteiger partial charge in [0.15, 0.2) is 0 Å². The fourth-order valence-electron chi connectivity index (χ4n) is 3.13. The van der Waals surface area contributed by atoms with E-state index in [1.807, 2.05) is 0 Å². The Labute approximate surface area is 106 Å². The van der Waals surface area contributed by atoms with Crippen LogP contribution in [0, 0.1) is 38.5 Å². The number of hydrogen-bond acceptors (Lipinski definition) is 0. The zero-order valence-electron chi connectivity index (χ0n) is 12.1. The molecule has 0 bridgehead atoms. The zero-order chi connectivity index (χ0) is 12.8. The van der Waals surface area contributed by atoms with Crippen LogP contribution < -0.4 is 0 Å². The average molecular weight is 229 g/mol. The summed E-state index contributed by atoms with van der Waals surface area (Å²) in [7, 11) is 0. The minimum Gasteiger partial charge on any atom is -0.0649 e. The number of aryl methyl sites for hydroxylation is 3. The predicted octanol–water partition coefficient (Wildman–Crippen LogP) is 4.97. The van der Waals surface area contributed by atoms with Crippen LogP contribution in [0.3, 0.4) is 0 Å². The molecule has 0 heteroatoms. The van der Waals surface area contributed by atoms with Crippen LogP contribution in [0.15, 0.2) is 12.1 Å². The Balaban J connectivity index is 2.28. The summed E-state index contributed by atoms with van der Waals surface area (Å²) in [6, 6.07) is 4.65. The van der Waals surface area contributed by atoms with Crippen LogP contribution in [0.1, 0.15) is 55.4 Å². The van der Waals surface area contributed by atoms with Crippen molar-refractivity contribution >= 4 is 0 Å². The Morgan fingerprint density at radius 2 is 1.59 bits per heavy atom. The topological polar surface area (TPSA) is 0 Å². The van der Waals surface area contributed by atoms with E-state index in [4.69, 9.17) is 0 Å². The summed E-state index contributed by atoms with van der Waals surface area (Å²) in [6.07, 6.45) is 3.79. The molecular formula is C17H25. The lowest BCUT2D eigenvalue weighted by atomic mass is 9.82. The van der Waals surface area contributed by atoms with E-state index in [1.54, 1.807) is 5.56 Å². The first-order chi connectivity index (χ1) is 7.86. The summed E-state index contributed by atoms with van der Waals surface area (Å²) < 4.78 is 0. The minimum absolute atomic E-state index is 0.453. The van der Waals surface area contributed by atoms with E-state index in [2.05, 4.69) is 60.1 Å². The molecule has 1 aromatic rings. The van der Waals surface area contributed by atoms with Gasteiger partial charge < -0.3 is 0 Å². The van der Waals surface area contributed by atoms with Gasteiger partial charge in [0.1, 0.15) is 0 Å². The molecule has 2 rings (SSSR count). The molecule has 93 valence electrons. The largest absolute Gasteiger partial charge is 0.0649 e. The molecule has 1 fully saturated rings. The fraction of sp³-hybridized carbons (Fsp3) is 0.588. The third-order valence-electron chi connectivity index (χ3n) is 4.55. The molecule has 0 N–H and O–H groups in total.